The van der Waals surface area contributed by atoms with Gasteiger partial charge >= 0.3 is 24.3 Å². The number of hydrogen-bond donors (Lipinski definition) is 2. The van der Waals surface area contributed by atoms with Gasteiger partial charge in [-0.2, -0.15) is 26.3 Å². The molecule has 0 aliphatic carbocycles. The van der Waals surface area contributed by atoms with Gasteiger partial charge in [-0.3, -0.25) is 28.9 Å². The van der Waals surface area contributed by atoms with Gasteiger partial charge in [0.25, 0.3) is 5.91 Å². The van der Waals surface area contributed by atoms with Crippen molar-refractivity contribution in [1.82, 2.24) is 25.4 Å². The number of methoxy groups -OCH3 is 1. The number of hydrogen-bond acceptors (Lipinski definition) is 10. The lowest BCUT2D eigenvalue weighted by atomic mass is 9.92. The van der Waals surface area contributed by atoms with Crippen LogP contribution in [0.15, 0.2) is 35.7 Å². The van der Waals surface area contributed by atoms with Gasteiger partial charge in [0.1, 0.15) is 16.7 Å². The lowest BCUT2D eigenvalue weighted by Gasteiger charge is -2.39. The van der Waals surface area contributed by atoms with Crippen molar-refractivity contribution in [3.8, 4) is 0 Å². The average Bonchev–Trinajstić information content (AvgIpc) is 3.62. The van der Waals surface area contributed by atoms with Crippen LogP contribution in [0.25, 0.3) is 0 Å². The minimum atomic E-state index is -5.96. The number of ether oxygens (including phenoxy) is 2. The number of halogens is 6. The second kappa shape index (κ2) is 20.4. The molecule has 2 heterocycles. The molecule has 1 aliphatic rings. The first-order valence-corrected chi connectivity index (χ1v) is 19.4. The normalized spacial score (nSPS) is 17.9. The summed E-state index contributed by atoms with van der Waals surface area (Å²) in [7, 11) is 3.80. The minimum Gasteiger partial charge on any atom is -0.469 e. The van der Waals surface area contributed by atoms with E-state index < -0.39 is 90.0 Å². The maximum absolute atomic E-state index is 14.2. The van der Waals surface area contributed by atoms with E-state index in [1.54, 1.807) is 20.8 Å². The summed E-state index contributed by atoms with van der Waals surface area (Å²) in [4.78, 5) is 71.7. The Morgan fingerprint density at radius 2 is 1.61 bits per heavy atom. The molecule has 0 bridgehead atoms. The van der Waals surface area contributed by atoms with Gasteiger partial charge in [-0.1, -0.05) is 57.5 Å². The summed E-state index contributed by atoms with van der Waals surface area (Å²) in [6.45, 7) is 6.25. The molecule has 0 unspecified atom stereocenters. The van der Waals surface area contributed by atoms with Gasteiger partial charge in [0.15, 0.2) is 12.0 Å². The van der Waals surface area contributed by atoms with E-state index in [9.17, 15) is 50.3 Å². The Morgan fingerprint density at radius 1 is 0.982 bits per heavy atom. The van der Waals surface area contributed by atoms with Crippen molar-refractivity contribution in [2.24, 2.45) is 17.8 Å². The minimum absolute atomic E-state index is 0.0676. The molecule has 0 radical (unpaired) electrons. The molecule has 318 valence electrons. The van der Waals surface area contributed by atoms with Gasteiger partial charge in [-0.15, -0.1) is 11.3 Å². The maximum atomic E-state index is 14.2. The number of aromatic nitrogens is 1. The predicted octanol–water partition coefficient (Wildman–Crippen LogP) is 5.87. The summed E-state index contributed by atoms with van der Waals surface area (Å²) in [6.07, 6.45) is -11.6. The summed E-state index contributed by atoms with van der Waals surface area (Å²) in [5.74, 6) is -10.1. The second-order valence-corrected chi connectivity index (χ2v) is 15.6. The Labute approximate surface area is 332 Å². The van der Waals surface area contributed by atoms with Crippen LogP contribution in [0.5, 0.6) is 0 Å². The molecule has 0 saturated carbocycles. The molecule has 6 atom stereocenters. The third-order valence-electron chi connectivity index (χ3n) is 9.99. The van der Waals surface area contributed by atoms with E-state index in [4.69, 9.17) is 9.47 Å². The first-order valence-electron chi connectivity index (χ1n) is 18.5. The molecule has 2 aromatic rings. The molecule has 1 aromatic carbocycles. The van der Waals surface area contributed by atoms with Gasteiger partial charge in [0.05, 0.1) is 19.1 Å². The Morgan fingerprint density at radius 3 is 2.16 bits per heavy atom. The number of benzene rings is 1. The quantitative estimate of drug-likeness (QED) is 0.148. The molecule has 19 heteroatoms. The maximum Gasteiger partial charge on any atom is 0.403 e. The highest BCUT2D eigenvalue weighted by Crippen LogP contribution is 2.42. The number of thiazole rings is 1. The van der Waals surface area contributed by atoms with Crippen molar-refractivity contribution in [2.75, 3.05) is 27.7 Å². The Kier molecular flexibility index (Phi) is 16.9. The van der Waals surface area contributed by atoms with Crippen molar-refractivity contribution in [1.29, 1.82) is 0 Å². The summed E-state index contributed by atoms with van der Waals surface area (Å²) < 4.78 is 95.5. The Balaban J connectivity index is 1.93. The fraction of sp³-hybridized carbons (Fsp3) is 0.632. The number of rotatable bonds is 17. The van der Waals surface area contributed by atoms with E-state index >= 15 is 0 Å². The summed E-state index contributed by atoms with van der Waals surface area (Å²) >= 11 is 0.912. The van der Waals surface area contributed by atoms with E-state index in [-0.39, 0.29) is 30.0 Å². The van der Waals surface area contributed by atoms with Crippen LogP contribution in [0.4, 0.5) is 26.3 Å². The number of esters is 2. The van der Waals surface area contributed by atoms with Crippen LogP contribution in [0.1, 0.15) is 87.0 Å². The fourth-order valence-electron chi connectivity index (χ4n) is 7.00. The predicted molar refractivity (Wildman–Crippen MR) is 198 cm³/mol. The lowest BCUT2D eigenvalue weighted by Crippen LogP contribution is -2.63. The molecular weight excluding hydrogens is 785 g/mol. The summed E-state index contributed by atoms with van der Waals surface area (Å²) in [6, 6.07) is 3.39. The molecule has 1 saturated heterocycles. The molecule has 57 heavy (non-hydrogen) atoms. The van der Waals surface area contributed by atoms with E-state index in [2.05, 4.69) is 10.3 Å². The monoisotopic (exact) mass is 835 g/mol. The molecular formula is C38H51F6N5O7S. The van der Waals surface area contributed by atoms with Crippen LogP contribution < -0.4 is 10.6 Å². The van der Waals surface area contributed by atoms with E-state index in [0.717, 1.165) is 30.9 Å². The first kappa shape index (κ1) is 47.1. The number of carbonyl (C=O) groups excluding carboxylic acids is 5. The Bertz CT molecular complexity index is 1660. The molecule has 12 nitrogen and oxygen atoms in total. The topological polar surface area (TPSA) is 147 Å². The van der Waals surface area contributed by atoms with Crippen LogP contribution in [0.2, 0.25) is 0 Å². The van der Waals surface area contributed by atoms with Gasteiger partial charge in [0.2, 0.25) is 11.8 Å². The van der Waals surface area contributed by atoms with E-state index in [0.29, 0.717) is 30.7 Å². The molecule has 0 spiro atoms. The highest BCUT2D eigenvalue weighted by molar-refractivity contribution is 7.09. The van der Waals surface area contributed by atoms with Crippen LogP contribution in [-0.2, 0) is 35.1 Å². The van der Waals surface area contributed by atoms with Gasteiger partial charge in [0, 0.05) is 37.9 Å². The zero-order valence-corrected chi connectivity index (χ0v) is 33.7. The molecule has 3 amide bonds. The summed E-state index contributed by atoms with van der Waals surface area (Å²) in [5.41, 5.74) is 0.794. The zero-order valence-electron chi connectivity index (χ0n) is 32.9. The zero-order chi connectivity index (χ0) is 42.8. The second-order valence-electron chi connectivity index (χ2n) is 14.7. The van der Waals surface area contributed by atoms with E-state index in [1.807, 2.05) is 35.6 Å². The highest BCUT2D eigenvalue weighted by atomic mass is 32.1. The van der Waals surface area contributed by atoms with Gasteiger partial charge < -0.3 is 25.0 Å². The van der Waals surface area contributed by atoms with Gasteiger partial charge in [-0.25, -0.2) is 4.98 Å². The Hall–Kier alpha value is -4.26. The highest BCUT2D eigenvalue weighted by Gasteiger charge is 2.63. The third-order valence-corrected chi connectivity index (χ3v) is 10.9. The van der Waals surface area contributed by atoms with Crippen molar-refractivity contribution in [2.45, 2.75) is 109 Å². The molecule has 1 aliphatic heterocycles. The smallest absolute Gasteiger partial charge is 0.403 e. The van der Waals surface area contributed by atoms with Crippen LogP contribution in [0.3, 0.4) is 0 Å². The number of likely N-dealkylation sites (tertiary alicyclic amines) is 1. The number of carbonyl (C=O) groups is 5. The molecule has 1 aromatic heterocycles. The number of amides is 3. The SMILES string of the molecule is COC(=O)[C@@H](C)C[C@H](Cc1ccccc1)NC(=O)c1csc([C@@H](C[C@H](C(C)C)N(C)C(=O)[C@@H](NC(=O)[C@H]2CCCCN2C)C(C(F)(F)F)C(F)(F)F)OC(C)=O)n1. The lowest BCUT2D eigenvalue weighted by molar-refractivity contribution is -0.290. The largest absolute Gasteiger partial charge is 0.469 e. The number of alkyl halides is 6. The number of piperidine rings is 1. The molecule has 2 N–H and O–H groups in total. The van der Waals surface area contributed by atoms with Gasteiger partial charge in [-0.05, 0) is 50.8 Å². The van der Waals surface area contributed by atoms with Crippen molar-refractivity contribution in [3.05, 3.63) is 52.0 Å². The van der Waals surface area contributed by atoms with Crippen LogP contribution in [0, 0.1) is 17.8 Å². The van der Waals surface area contributed by atoms with Crippen molar-refractivity contribution < 1.29 is 59.8 Å². The number of nitrogens with one attached hydrogen (secondary N) is 2. The number of nitrogens with zero attached hydrogens (tertiary/aromatic N) is 3. The molecule has 3 rings (SSSR count). The summed E-state index contributed by atoms with van der Waals surface area (Å²) in [5, 5.41) is 6.14. The van der Waals surface area contributed by atoms with Crippen molar-refractivity contribution >= 4 is 41.0 Å². The molecule has 1 fully saturated rings. The average molecular weight is 836 g/mol. The standard InChI is InChI=1S/C38H51F6N5O7S/c1-21(2)28(49(6)35(53)30(31(37(39,40)41)38(42,43)44)47-33(52)27-15-11-12-16-48(27)5)19-29(56-23(4)50)34-46-26(20-57-34)32(51)45-25(17-22(3)36(54)55-7)18-24-13-9-8-10-14-24/h8-10,13-14,20-22,25,27-31H,11-12,15-19H2,1-7H3,(H,45,51)(H,47,52)/t22-,25+,27+,28+,29+,30-/m0/s1. The van der Waals surface area contributed by atoms with Crippen molar-refractivity contribution in [3.63, 3.8) is 0 Å². The first-order chi connectivity index (χ1) is 26.5. The van der Waals surface area contributed by atoms with E-state index in [1.165, 1.54) is 24.4 Å². The fourth-order valence-corrected chi connectivity index (χ4v) is 7.84. The third kappa shape index (κ3) is 13.4. The number of likely N-dealkylation sites (N-methyl/N-ethyl adjacent to an activating group) is 2. The van der Waals surface area contributed by atoms with Crippen LogP contribution in [-0.4, -0.2) is 109 Å². The van der Waals surface area contributed by atoms with Crippen LogP contribution >= 0.6 is 11.3 Å².